The van der Waals surface area contributed by atoms with E-state index in [-0.39, 0.29) is 6.61 Å². The maximum absolute atomic E-state index is 11.7. The first-order valence-electron chi connectivity index (χ1n) is 4.13. The highest BCUT2D eigenvalue weighted by Gasteiger charge is 2.04. The number of ether oxygens (including phenoxy) is 1. The highest BCUT2D eigenvalue weighted by atomic mass is 79.9. The summed E-state index contributed by atoms with van der Waals surface area (Å²) in [5, 5.41) is 0. The van der Waals surface area contributed by atoms with E-state index >= 15 is 0 Å². The van der Waals surface area contributed by atoms with Crippen LogP contribution in [0.4, 0.5) is 8.78 Å². The van der Waals surface area contributed by atoms with E-state index in [1.165, 1.54) is 0 Å². The summed E-state index contributed by atoms with van der Waals surface area (Å²) in [5.41, 5.74) is 0. The van der Waals surface area contributed by atoms with Crippen LogP contribution in [0.1, 0.15) is 5.82 Å². The molecule has 0 saturated carbocycles. The summed E-state index contributed by atoms with van der Waals surface area (Å²) < 4.78 is 29.4. The van der Waals surface area contributed by atoms with Crippen LogP contribution in [0, 0.1) is 0 Å². The first-order valence-corrected chi connectivity index (χ1v) is 5.71. The van der Waals surface area contributed by atoms with Gasteiger partial charge in [0, 0.05) is 12.5 Å². The molecule has 1 aromatic heterocycles. The molecule has 0 aliphatic rings. The Bertz CT molecular complexity index is 305. The van der Waals surface area contributed by atoms with Crippen molar-refractivity contribution >= 4 is 31.9 Å². The van der Waals surface area contributed by atoms with Crippen molar-refractivity contribution in [2.24, 2.45) is 0 Å². The molecule has 1 rings (SSSR count). The topological polar surface area (TPSA) is 35.0 Å². The monoisotopic (exact) mass is 344 g/mol. The Balaban J connectivity index is 2.37. The number of nitrogens with zero attached hydrogens (tertiary/aromatic N) is 2. The van der Waals surface area contributed by atoms with Crippen LogP contribution in [0.15, 0.2) is 15.3 Å². The zero-order chi connectivity index (χ0) is 11.3. The summed E-state index contributed by atoms with van der Waals surface area (Å²) in [4.78, 5) is 8.12. The predicted molar refractivity (Wildman–Crippen MR) is 58.0 cm³/mol. The van der Waals surface area contributed by atoms with Crippen molar-refractivity contribution in [2.75, 3.05) is 13.2 Å². The summed E-state index contributed by atoms with van der Waals surface area (Å²) >= 11 is 6.41. The van der Waals surface area contributed by atoms with E-state index in [1.807, 2.05) is 0 Å². The summed E-state index contributed by atoms with van der Waals surface area (Å²) in [6, 6.07) is 1.70. The smallest absolute Gasteiger partial charge is 0.261 e. The van der Waals surface area contributed by atoms with Gasteiger partial charge in [0.2, 0.25) is 0 Å². The van der Waals surface area contributed by atoms with Gasteiger partial charge in [0.15, 0.2) is 0 Å². The van der Waals surface area contributed by atoms with E-state index in [1.54, 1.807) is 6.07 Å². The van der Waals surface area contributed by atoms with Gasteiger partial charge in [-0.15, -0.1) is 0 Å². The normalized spacial score (nSPS) is 11.0. The van der Waals surface area contributed by atoms with Crippen molar-refractivity contribution in [2.45, 2.75) is 12.8 Å². The van der Waals surface area contributed by atoms with Gasteiger partial charge in [0.05, 0.1) is 6.61 Å². The Hall–Kier alpha value is -0.140. The molecule has 0 atom stereocenters. The average molecular weight is 346 g/mol. The number of rotatable bonds is 5. The summed E-state index contributed by atoms with van der Waals surface area (Å²) in [6.45, 7) is -0.359. The molecule has 0 N–H and O–H groups in total. The summed E-state index contributed by atoms with van der Waals surface area (Å²) in [6.07, 6.45) is -2.02. The van der Waals surface area contributed by atoms with Gasteiger partial charge in [-0.25, -0.2) is 18.7 Å². The molecule has 1 aromatic rings. The Morgan fingerprint density at radius 2 is 1.87 bits per heavy atom. The minimum absolute atomic E-state index is 0.188. The Morgan fingerprint density at radius 3 is 2.40 bits per heavy atom. The highest BCUT2D eigenvalue weighted by Crippen LogP contribution is 2.13. The Kier molecular flexibility index (Phi) is 5.55. The van der Waals surface area contributed by atoms with Crippen LogP contribution < -0.4 is 0 Å². The van der Waals surface area contributed by atoms with Gasteiger partial charge in [0.1, 0.15) is 21.6 Å². The van der Waals surface area contributed by atoms with Crippen LogP contribution in [0.3, 0.4) is 0 Å². The van der Waals surface area contributed by atoms with Crippen molar-refractivity contribution in [1.82, 2.24) is 9.97 Å². The fraction of sp³-hybridized carbons (Fsp3) is 0.500. The summed E-state index contributed by atoms with van der Waals surface area (Å²) in [5.74, 6) is 0.547. The molecule has 7 heteroatoms. The van der Waals surface area contributed by atoms with Crippen molar-refractivity contribution < 1.29 is 13.5 Å². The van der Waals surface area contributed by atoms with Crippen LogP contribution in [-0.4, -0.2) is 29.6 Å². The second-order valence-corrected chi connectivity index (χ2v) is 4.27. The second-order valence-electron chi connectivity index (χ2n) is 2.65. The third-order valence-corrected chi connectivity index (χ3v) is 2.24. The van der Waals surface area contributed by atoms with Crippen LogP contribution in [0.2, 0.25) is 0 Å². The number of halogens is 4. The van der Waals surface area contributed by atoms with E-state index in [0.717, 1.165) is 0 Å². The number of aromatic nitrogens is 2. The molecule has 15 heavy (non-hydrogen) atoms. The number of hydrogen-bond donors (Lipinski definition) is 0. The lowest BCUT2D eigenvalue weighted by Gasteiger charge is -2.03. The Labute approximate surface area is 103 Å². The molecule has 0 radical (unpaired) electrons. The first-order chi connectivity index (χ1) is 7.08. The Morgan fingerprint density at radius 1 is 1.27 bits per heavy atom. The molecule has 0 aliphatic carbocycles. The quantitative estimate of drug-likeness (QED) is 0.608. The van der Waals surface area contributed by atoms with E-state index in [0.29, 0.717) is 21.5 Å². The van der Waals surface area contributed by atoms with Crippen molar-refractivity contribution in [3.05, 3.63) is 21.1 Å². The molecule has 0 amide bonds. The third-order valence-electron chi connectivity index (χ3n) is 1.42. The minimum atomic E-state index is -2.43. The van der Waals surface area contributed by atoms with Gasteiger partial charge >= 0.3 is 0 Å². The highest BCUT2D eigenvalue weighted by molar-refractivity contribution is 9.11. The average Bonchev–Trinajstić information content (AvgIpc) is 2.10. The van der Waals surface area contributed by atoms with Crippen molar-refractivity contribution in [3.8, 4) is 0 Å². The second kappa shape index (κ2) is 6.44. The maximum Gasteiger partial charge on any atom is 0.261 e. The van der Waals surface area contributed by atoms with Gasteiger partial charge in [-0.2, -0.15) is 0 Å². The molecular formula is C8H8Br2F2N2O. The number of alkyl halides is 2. The van der Waals surface area contributed by atoms with Crippen LogP contribution in [-0.2, 0) is 11.2 Å². The standard InChI is InChI=1S/C8H8Br2F2N2O/c9-5-3-6(10)14-8(13-5)1-2-15-4-7(11)12/h3,7H,1-2,4H2. The molecule has 0 saturated heterocycles. The van der Waals surface area contributed by atoms with E-state index in [4.69, 9.17) is 4.74 Å². The molecule has 1 heterocycles. The largest absolute Gasteiger partial charge is 0.375 e. The molecule has 0 fully saturated rings. The van der Waals surface area contributed by atoms with Gasteiger partial charge < -0.3 is 4.74 Å². The fourth-order valence-electron chi connectivity index (χ4n) is 0.882. The zero-order valence-corrected chi connectivity index (χ0v) is 10.8. The lowest BCUT2D eigenvalue weighted by Crippen LogP contribution is -2.08. The molecule has 0 spiro atoms. The maximum atomic E-state index is 11.7. The fourth-order valence-corrected chi connectivity index (χ4v) is 2.03. The summed E-state index contributed by atoms with van der Waals surface area (Å²) in [7, 11) is 0. The van der Waals surface area contributed by atoms with E-state index in [2.05, 4.69) is 41.8 Å². The molecule has 3 nitrogen and oxygen atoms in total. The van der Waals surface area contributed by atoms with Gasteiger partial charge in [-0.3, -0.25) is 0 Å². The van der Waals surface area contributed by atoms with E-state index in [9.17, 15) is 8.78 Å². The lowest BCUT2D eigenvalue weighted by molar-refractivity contribution is 0.0182. The molecule has 0 aliphatic heterocycles. The third kappa shape index (κ3) is 5.48. The van der Waals surface area contributed by atoms with Crippen molar-refractivity contribution in [1.29, 1.82) is 0 Å². The minimum Gasteiger partial charge on any atom is -0.375 e. The molecule has 84 valence electrons. The van der Waals surface area contributed by atoms with Crippen LogP contribution >= 0.6 is 31.9 Å². The van der Waals surface area contributed by atoms with Gasteiger partial charge in [-0.1, -0.05) is 0 Å². The number of hydrogen-bond acceptors (Lipinski definition) is 3. The van der Waals surface area contributed by atoms with Crippen LogP contribution in [0.25, 0.3) is 0 Å². The molecule has 0 aromatic carbocycles. The first kappa shape index (κ1) is 12.9. The van der Waals surface area contributed by atoms with E-state index < -0.39 is 13.0 Å². The molecular weight excluding hydrogens is 338 g/mol. The van der Waals surface area contributed by atoms with Crippen LogP contribution in [0.5, 0.6) is 0 Å². The SMILES string of the molecule is FC(F)COCCc1nc(Br)cc(Br)n1. The lowest BCUT2D eigenvalue weighted by atomic mass is 10.4. The molecule has 0 bridgehead atoms. The molecule has 0 unspecified atom stereocenters. The van der Waals surface area contributed by atoms with Gasteiger partial charge in [-0.05, 0) is 31.9 Å². The van der Waals surface area contributed by atoms with Crippen molar-refractivity contribution in [3.63, 3.8) is 0 Å². The van der Waals surface area contributed by atoms with Gasteiger partial charge in [0.25, 0.3) is 6.43 Å². The predicted octanol–water partition coefficient (Wildman–Crippen LogP) is 2.83. The zero-order valence-electron chi connectivity index (χ0n) is 7.59.